The lowest BCUT2D eigenvalue weighted by Gasteiger charge is -2.34. The van der Waals surface area contributed by atoms with Crippen LogP contribution >= 0.6 is 0 Å². The van der Waals surface area contributed by atoms with Crippen molar-refractivity contribution >= 4 is 5.97 Å². The zero-order valence-corrected chi connectivity index (χ0v) is 12.9. The Balaban J connectivity index is 1.35. The maximum atomic E-state index is 10.6. The van der Waals surface area contributed by atoms with Crippen molar-refractivity contribution < 1.29 is 14.6 Å². The Kier molecular flexibility index (Phi) is 4.95. The number of aliphatic carboxylic acids is 1. The number of hydrogen-bond donors (Lipinski definition) is 1. The number of nitrogens with zero attached hydrogens (tertiary/aromatic N) is 2. The molecule has 1 aromatic carbocycles. The largest absolute Gasteiger partial charge is 0.492 e. The molecule has 1 heterocycles. The van der Waals surface area contributed by atoms with E-state index in [9.17, 15) is 4.79 Å². The van der Waals surface area contributed by atoms with Gasteiger partial charge in [0.05, 0.1) is 6.42 Å². The second-order valence-electron chi connectivity index (χ2n) is 6.17. The molecule has 22 heavy (non-hydrogen) atoms. The van der Waals surface area contributed by atoms with Crippen molar-refractivity contribution in [3.05, 3.63) is 29.8 Å². The number of hydrogen-bond acceptors (Lipinski definition) is 4. The van der Waals surface area contributed by atoms with E-state index in [1.807, 2.05) is 24.3 Å². The third kappa shape index (κ3) is 4.45. The highest BCUT2D eigenvalue weighted by molar-refractivity contribution is 5.70. The van der Waals surface area contributed by atoms with Crippen LogP contribution in [0, 0.1) is 0 Å². The van der Waals surface area contributed by atoms with Crippen molar-refractivity contribution in [2.24, 2.45) is 0 Å². The van der Waals surface area contributed by atoms with Crippen LogP contribution in [0.15, 0.2) is 24.3 Å². The number of piperazine rings is 1. The number of carboxylic acid groups (broad SMARTS) is 1. The van der Waals surface area contributed by atoms with E-state index in [0.29, 0.717) is 6.61 Å². The van der Waals surface area contributed by atoms with Crippen molar-refractivity contribution in [2.45, 2.75) is 25.3 Å². The first kappa shape index (κ1) is 15.3. The third-order valence-corrected chi connectivity index (χ3v) is 4.43. The molecule has 0 aromatic heterocycles. The van der Waals surface area contributed by atoms with Gasteiger partial charge < -0.3 is 9.84 Å². The topological polar surface area (TPSA) is 53.0 Å². The van der Waals surface area contributed by atoms with Gasteiger partial charge in [-0.3, -0.25) is 14.6 Å². The molecule has 5 heteroatoms. The molecule has 0 atom stereocenters. The van der Waals surface area contributed by atoms with E-state index in [1.165, 1.54) is 25.9 Å². The highest BCUT2D eigenvalue weighted by Gasteiger charge is 2.30. The summed E-state index contributed by atoms with van der Waals surface area (Å²) in [6, 6.07) is 8.21. The molecule has 3 rings (SSSR count). The molecular weight excluding hydrogens is 280 g/mol. The van der Waals surface area contributed by atoms with E-state index < -0.39 is 5.97 Å². The van der Waals surface area contributed by atoms with Gasteiger partial charge in [0.1, 0.15) is 12.4 Å². The standard InChI is InChI=1S/C17H24N2O3/c20-17(21)13-14-1-5-16(6-2-14)22-12-11-18-7-9-19(10-8-18)15-3-4-15/h1-2,5-6,15H,3-4,7-13H2,(H,20,21). The Morgan fingerprint density at radius 2 is 1.82 bits per heavy atom. The Hall–Kier alpha value is -1.59. The summed E-state index contributed by atoms with van der Waals surface area (Å²) in [5.74, 6) is 0.00441. The molecule has 0 amide bonds. The van der Waals surface area contributed by atoms with E-state index in [-0.39, 0.29) is 6.42 Å². The third-order valence-electron chi connectivity index (χ3n) is 4.43. The van der Waals surface area contributed by atoms with E-state index in [0.717, 1.165) is 37.0 Å². The molecule has 5 nitrogen and oxygen atoms in total. The van der Waals surface area contributed by atoms with Crippen LogP contribution < -0.4 is 4.74 Å². The van der Waals surface area contributed by atoms with Crippen molar-refractivity contribution in [3.63, 3.8) is 0 Å². The maximum absolute atomic E-state index is 10.6. The summed E-state index contributed by atoms with van der Waals surface area (Å²) in [6.45, 7) is 6.29. The molecular formula is C17H24N2O3. The van der Waals surface area contributed by atoms with E-state index in [2.05, 4.69) is 9.80 Å². The summed E-state index contributed by atoms with van der Waals surface area (Å²) in [4.78, 5) is 15.7. The van der Waals surface area contributed by atoms with Crippen LogP contribution in [0.25, 0.3) is 0 Å². The van der Waals surface area contributed by atoms with Crippen LogP contribution in [0.2, 0.25) is 0 Å². The summed E-state index contributed by atoms with van der Waals surface area (Å²) in [5.41, 5.74) is 0.802. The molecule has 1 aromatic rings. The fourth-order valence-corrected chi connectivity index (χ4v) is 2.96. The maximum Gasteiger partial charge on any atom is 0.307 e. The van der Waals surface area contributed by atoms with Gasteiger partial charge in [0.2, 0.25) is 0 Å². The van der Waals surface area contributed by atoms with Crippen LogP contribution in [0.5, 0.6) is 5.75 Å². The van der Waals surface area contributed by atoms with Gasteiger partial charge in [-0.25, -0.2) is 0 Å². The fraction of sp³-hybridized carbons (Fsp3) is 0.588. The molecule has 0 unspecified atom stereocenters. The second-order valence-corrected chi connectivity index (χ2v) is 6.17. The van der Waals surface area contributed by atoms with Gasteiger partial charge in [-0.2, -0.15) is 0 Å². The minimum absolute atomic E-state index is 0.0611. The van der Waals surface area contributed by atoms with E-state index in [1.54, 1.807) is 0 Å². The van der Waals surface area contributed by atoms with Gasteiger partial charge in [0, 0.05) is 38.8 Å². The van der Waals surface area contributed by atoms with Gasteiger partial charge in [-0.15, -0.1) is 0 Å². The monoisotopic (exact) mass is 304 g/mol. The van der Waals surface area contributed by atoms with Crippen LogP contribution in [0.3, 0.4) is 0 Å². The second kappa shape index (κ2) is 7.11. The normalized spacial score (nSPS) is 20.0. The zero-order chi connectivity index (χ0) is 15.4. The quantitative estimate of drug-likeness (QED) is 0.827. The van der Waals surface area contributed by atoms with Gasteiger partial charge in [0.15, 0.2) is 0 Å². The summed E-state index contributed by atoms with van der Waals surface area (Å²) < 4.78 is 5.75. The Morgan fingerprint density at radius 1 is 1.14 bits per heavy atom. The minimum atomic E-state index is -0.806. The first-order chi connectivity index (χ1) is 10.7. The average molecular weight is 304 g/mol. The van der Waals surface area contributed by atoms with Crippen molar-refractivity contribution in [2.75, 3.05) is 39.3 Å². The fourth-order valence-electron chi connectivity index (χ4n) is 2.96. The number of ether oxygens (including phenoxy) is 1. The Bertz CT molecular complexity index is 491. The molecule has 0 bridgehead atoms. The van der Waals surface area contributed by atoms with Gasteiger partial charge in [0.25, 0.3) is 0 Å². The van der Waals surface area contributed by atoms with Crippen LogP contribution in [0.1, 0.15) is 18.4 Å². The average Bonchev–Trinajstić information content (AvgIpc) is 3.34. The molecule has 2 fully saturated rings. The lowest BCUT2D eigenvalue weighted by Crippen LogP contribution is -2.48. The highest BCUT2D eigenvalue weighted by atomic mass is 16.5. The zero-order valence-electron chi connectivity index (χ0n) is 12.9. The highest BCUT2D eigenvalue weighted by Crippen LogP contribution is 2.27. The molecule has 120 valence electrons. The molecule has 1 saturated heterocycles. The minimum Gasteiger partial charge on any atom is -0.492 e. The van der Waals surface area contributed by atoms with Crippen molar-refractivity contribution in [3.8, 4) is 5.75 Å². The lowest BCUT2D eigenvalue weighted by molar-refractivity contribution is -0.136. The molecule has 0 radical (unpaired) electrons. The summed E-state index contributed by atoms with van der Waals surface area (Å²) in [5, 5.41) is 8.74. The molecule has 1 saturated carbocycles. The Morgan fingerprint density at radius 3 is 2.41 bits per heavy atom. The number of carboxylic acids is 1. The molecule has 1 aliphatic heterocycles. The lowest BCUT2D eigenvalue weighted by atomic mass is 10.1. The summed E-state index contributed by atoms with van der Waals surface area (Å²) in [6.07, 6.45) is 2.84. The van der Waals surface area contributed by atoms with Crippen molar-refractivity contribution in [1.29, 1.82) is 0 Å². The van der Waals surface area contributed by atoms with Gasteiger partial charge in [-0.05, 0) is 30.5 Å². The molecule has 0 spiro atoms. The molecule has 1 N–H and O–H groups in total. The SMILES string of the molecule is O=C(O)Cc1ccc(OCCN2CCN(C3CC3)CC2)cc1. The summed E-state index contributed by atoms with van der Waals surface area (Å²) in [7, 11) is 0. The van der Waals surface area contributed by atoms with Crippen LogP contribution in [-0.2, 0) is 11.2 Å². The smallest absolute Gasteiger partial charge is 0.307 e. The van der Waals surface area contributed by atoms with E-state index >= 15 is 0 Å². The summed E-state index contributed by atoms with van der Waals surface area (Å²) >= 11 is 0. The first-order valence-electron chi connectivity index (χ1n) is 8.10. The van der Waals surface area contributed by atoms with Crippen LogP contribution in [0.4, 0.5) is 0 Å². The number of rotatable bonds is 7. The number of benzene rings is 1. The van der Waals surface area contributed by atoms with Crippen molar-refractivity contribution in [1.82, 2.24) is 9.80 Å². The molecule has 1 aliphatic carbocycles. The first-order valence-corrected chi connectivity index (χ1v) is 8.10. The molecule has 2 aliphatic rings. The predicted octanol–water partition coefficient (Wildman–Crippen LogP) is 1.47. The van der Waals surface area contributed by atoms with E-state index in [4.69, 9.17) is 9.84 Å². The Labute approximate surface area is 131 Å². The predicted molar refractivity (Wildman–Crippen MR) is 84.3 cm³/mol. The van der Waals surface area contributed by atoms with Gasteiger partial charge >= 0.3 is 5.97 Å². The number of carbonyl (C=O) groups is 1. The van der Waals surface area contributed by atoms with Gasteiger partial charge in [-0.1, -0.05) is 12.1 Å². The van der Waals surface area contributed by atoms with Crippen LogP contribution in [-0.4, -0.2) is 66.2 Å².